The topological polar surface area (TPSA) is 21.3 Å². The van der Waals surface area contributed by atoms with Gasteiger partial charge in [-0.05, 0) is 83.2 Å². The first-order valence-corrected chi connectivity index (χ1v) is 16.7. The zero-order chi connectivity index (χ0) is 32.3. The Hall–Kier alpha value is -6.58. The van der Waals surface area contributed by atoms with Crippen LogP contribution in [0.25, 0.3) is 71.3 Å². The minimum absolute atomic E-state index is 0.907. The molecule has 10 aromatic rings. The van der Waals surface area contributed by atoms with Gasteiger partial charge in [-0.1, -0.05) is 115 Å². The number of rotatable bonds is 5. The summed E-state index contributed by atoms with van der Waals surface area (Å²) in [6.07, 6.45) is 0. The van der Waals surface area contributed by atoms with Crippen molar-refractivity contribution in [2.24, 2.45) is 0 Å². The minimum atomic E-state index is 0.907. The maximum Gasteiger partial charge on any atom is 0.136 e. The first-order valence-electron chi connectivity index (χ1n) is 16.7. The maximum atomic E-state index is 6.21. The van der Waals surface area contributed by atoms with Crippen molar-refractivity contribution in [3.05, 3.63) is 182 Å². The number of para-hydroxylation sites is 4. The van der Waals surface area contributed by atoms with Gasteiger partial charge >= 0.3 is 0 Å². The summed E-state index contributed by atoms with van der Waals surface area (Å²) in [6.45, 7) is 0. The number of benzene rings is 8. The van der Waals surface area contributed by atoms with Gasteiger partial charge in [0.05, 0.1) is 16.7 Å². The predicted molar refractivity (Wildman–Crippen MR) is 206 cm³/mol. The van der Waals surface area contributed by atoms with Gasteiger partial charge in [0.2, 0.25) is 0 Å². The average Bonchev–Trinajstić information content (AvgIpc) is 3.72. The van der Waals surface area contributed by atoms with E-state index in [-0.39, 0.29) is 0 Å². The highest BCUT2D eigenvalue weighted by Gasteiger charge is 2.20. The highest BCUT2D eigenvalue weighted by Crippen LogP contribution is 2.44. The molecule has 0 spiro atoms. The van der Waals surface area contributed by atoms with Crippen LogP contribution in [0.2, 0.25) is 0 Å². The summed E-state index contributed by atoms with van der Waals surface area (Å²) in [5.74, 6) is 0. The number of anilines is 3. The summed E-state index contributed by atoms with van der Waals surface area (Å²) in [6, 6.07) is 64.9. The monoisotopic (exact) mass is 626 g/mol. The van der Waals surface area contributed by atoms with Crippen molar-refractivity contribution < 1.29 is 4.42 Å². The molecule has 0 bridgehead atoms. The van der Waals surface area contributed by atoms with Gasteiger partial charge in [0.15, 0.2) is 0 Å². The Kier molecular flexibility index (Phi) is 6.18. The van der Waals surface area contributed by atoms with Crippen LogP contribution in [0.5, 0.6) is 0 Å². The molecule has 0 saturated heterocycles. The second kappa shape index (κ2) is 11.0. The summed E-state index contributed by atoms with van der Waals surface area (Å²) in [7, 11) is 0. The van der Waals surface area contributed by atoms with Crippen LogP contribution in [0, 0.1) is 0 Å². The van der Waals surface area contributed by atoms with Crippen LogP contribution in [0.1, 0.15) is 0 Å². The van der Waals surface area contributed by atoms with Crippen LogP contribution < -0.4 is 4.90 Å². The molecule has 49 heavy (non-hydrogen) atoms. The third-order valence-corrected chi connectivity index (χ3v) is 9.78. The summed E-state index contributed by atoms with van der Waals surface area (Å²) < 4.78 is 8.59. The van der Waals surface area contributed by atoms with Gasteiger partial charge in [-0.2, -0.15) is 0 Å². The molecule has 0 saturated carbocycles. The smallest absolute Gasteiger partial charge is 0.136 e. The zero-order valence-electron chi connectivity index (χ0n) is 26.6. The van der Waals surface area contributed by atoms with E-state index in [1.54, 1.807) is 0 Å². The van der Waals surface area contributed by atoms with E-state index in [2.05, 4.69) is 179 Å². The molecule has 2 aromatic heterocycles. The Balaban J connectivity index is 1.17. The van der Waals surface area contributed by atoms with E-state index in [4.69, 9.17) is 4.42 Å². The molecule has 3 heteroatoms. The Morgan fingerprint density at radius 1 is 0.388 bits per heavy atom. The van der Waals surface area contributed by atoms with E-state index in [0.29, 0.717) is 0 Å². The van der Waals surface area contributed by atoms with E-state index in [1.807, 2.05) is 12.1 Å². The standard InChI is InChI=1S/C46H30N2O/c1-3-13-32(14-4-1)47(34-27-25-31(26-28-34)35-19-12-24-44-46(35)39-18-8-10-23-43(39)49-44)40-22-11-20-37-36(40)29-30-42-45(37)38-17-7-9-21-41(38)48(42)33-15-5-2-6-16-33/h1-30H. The molecular formula is C46H30N2O. The van der Waals surface area contributed by atoms with Gasteiger partial charge in [0.25, 0.3) is 0 Å². The summed E-state index contributed by atoms with van der Waals surface area (Å²) in [4.78, 5) is 2.38. The lowest BCUT2D eigenvalue weighted by Gasteiger charge is -2.27. The van der Waals surface area contributed by atoms with Gasteiger partial charge in [0.1, 0.15) is 11.2 Å². The second-order valence-electron chi connectivity index (χ2n) is 12.5. The summed E-state index contributed by atoms with van der Waals surface area (Å²) in [5.41, 5.74) is 11.1. The first kappa shape index (κ1) is 27.5. The first-order chi connectivity index (χ1) is 24.3. The van der Waals surface area contributed by atoms with E-state index in [0.717, 1.165) is 50.3 Å². The molecule has 230 valence electrons. The van der Waals surface area contributed by atoms with Crippen LogP contribution in [0.3, 0.4) is 0 Å². The molecular weight excluding hydrogens is 597 g/mol. The molecule has 8 aromatic carbocycles. The molecule has 0 unspecified atom stereocenters. The van der Waals surface area contributed by atoms with Crippen LogP contribution >= 0.6 is 0 Å². The Bertz CT molecular complexity index is 2810. The van der Waals surface area contributed by atoms with Gasteiger partial charge in [-0.3, -0.25) is 0 Å². The normalized spacial score (nSPS) is 11.7. The van der Waals surface area contributed by atoms with E-state index >= 15 is 0 Å². The third kappa shape index (κ3) is 4.29. The third-order valence-electron chi connectivity index (χ3n) is 9.78. The fraction of sp³-hybridized carbons (Fsp3) is 0. The Labute approximate surface area is 283 Å². The SMILES string of the molecule is c1ccc(N(c2ccc(-c3cccc4oc5ccccc5c34)cc2)c2cccc3c2ccc2c3c3ccccc3n2-c2ccccc2)cc1. The number of furan rings is 1. The van der Waals surface area contributed by atoms with Gasteiger partial charge < -0.3 is 13.9 Å². The molecule has 0 aliphatic rings. The highest BCUT2D eigenvalue weighted by molar-refractivity contribution is 6.23. The van der Waals surface area contributed by atoms with E-state index < -0.39 is 0 Å². The molecule has 0 aliphatic carbocycles. The molecule has 0 amide bonds. The Morgan fingerprint density at radius 2 is 1.04 bits per heavy atom. The van der Waals surface area contributed by atoms with Gasteiger partial charge in [-0.25, -0.2) is 0 Å². The number of aromatic nitrogens is 1. The van der Waals surface area contributed by atoms with Gasteiger partial charge in [-0.15, -0.1) is 0 Å². The van der Waals surface area contributed by atoms with Crippen LogP contribution in [-0.2, 0) is 0 Å². The molecule has 2 heterocycles. The van der Waals surface area contributed by atoms with Crippen LogP contribution in [0.4, 0.5) is 17.1 Å². The second-order valence-corrected chi connectivity index (χ2v) is 12.5. The van der Waals surface area contributed by atoms with E-state index in [1.165, 1.54) is 38.1 Å². The summed E-state index contributed by atoms with van der Waals surface area (Å²) >= 11 is 0. The largest absolute Gasteiger partial charge is 0.456 e. The molecule has 10 rings (SSSR count). The zero-order valence-corrected chi connectivity index (χ0v) is 26.6. The molecule has 0 aliphatic heterocycles. The number of hydrogen-bond donors (Lipinski definition) is 0. The fourth-order valence-corrected chi connectivity index (χ4v) is 7.67. The van der Waals surface area contributed by atoms with Crippen LogP contribution in [0.15, 0.2) is 186 Å². The van der Waals surface area contributed by atoms with E-state index in [9.17, 15) is 0 Å². The maximum absolute atomic E-state index is 6.21. The van der Waals surface area contributed by atoms with Crippen molar-refractivity contribution >= 4 is 71.6 Å². The van der Waals surface area contributed by atoms with Gasteiger partial charge in [0, 0.05) is 44.0 Å². The molecule has 0 radical (unpaired) electrons. The highest BCUT2D eigenvalue weighted by atomic mass is 16.3. The van der Waals surface area contributed by atoms with Crippen molar-refractivity contribution in [1.82, 2.24) is 4.57 Å². The lowest BCUT2D eigenvalue weighted by Crippen LogP contribution is -2.10. The van der Waals surface area contributed by atoms with Crippen molar-refractivity contribution in [3.63, 3.8) is 0 Å². The molecule has 3 nitrogen and oxygen atoms in total. The molecule has 0 N–H and O–H groups in total. The minimum Gasteiger partial charge on any atom is -0.456 e. The van der Waals surface area contributed by atoms with Crippen molar-refractivity contribution in [2.75, 3.05) is 4.90 Å². The Morgan fingerprint density at radius 3 is 1.88 bits per heavy atom. The van der Waals surface area contributed by atoms with Crippen molar-refractivity contribution in [1.29, 1.82) is 0 Å². The summed E-state index contributed by atoms with van der Waals surface area (Å²) in [5, 5.41) is 7.24. The average molecular weight is 627 g/mol. The molecule has 0 fully saturated rings. The number of fused-ring (bicyclic) bond motifs is 8. The number of nitrogens with zero attached hydrogens (tertiary/aromatic N) is 2. The van der Waals surface area contributed by atoms with Crippen LogP contribution in [-0.4, -0.2) is 4.57 Å². The van der Waals surface area contributed by atoms with Crippen molar-refractivity contribution in [2.45, 2.75) is 0 Å². The fourth-order valence-electron chi connectivity index (χ4n) is 7.67. The lowest BCUT2D eigenvalue weighted by molar-refractivity contribution is 0.669. The lowest BCUT2D eigenvalue weighted by atomic mass is 9.98. The van der Waals surface area contributed by atoms with Crippen molar-refractivity contribution in [3.8, 4) is 16.8 Å². The number of hydrogen-bond acceptors (Lipinski definition) is 2. The quantitative estimate of drug-likeness (QED) is 0.190. The predicted octanol–water partition coefficient (Wildman–Crippen LogP) is 13.0. The molecule has 0 atom stereocenters.